The summed E-state index contributed by atoms with van der Waals surface area (Å²) in [5.74, 6) is 0. The molecule has 0 aromatic heterocycles. The van der Waals surface area contributed by atoms with Gasteiger partial charge in [0.2, 0.25) is 0 Å². The van der Waals surface area contributed by atoms with Gasteiger partial charge in [-0.3, -0.25) is 9.98 Å². The first-order valence-electron chi connectivity index (χ1n) is 1.95. The van der Waals surface area contributed by atoms with Gasteiger partial charge in [0.15, 0.2) is 0 Å². The van der Waals surface area contributed by atoms with Crippen LogP contribution in [-0.4, -0.2) is 26.0 Å². The van der Waals surface area contributed by atoms with Crippen LogP contribution >= 0.6 is 0 Å². The summed E-state index contributed by atoms with van der Waals surface area (Å²) in [6.07, 6.45) is 2.56. The number of aliphatic imine (C=N–C) groups is 2. The van der Waals surface area contributed by atoms with Crippen LogP contribution in [-0.2, 0) is 0 Å². The Bertz CT molecular complexity index is 92.3. The summed E-state index contributed by atoms with van der Waals surface area (Å²) in [6.45, 7) is 3.49. The molecule has 0 fully saturated rings. The van der Waals surface area contributed by atoms with Crippen LogP contribution in [0.3, 0.4) is 0 Å². The van der Waals surface area contributed by atoms with Crippen molar-refractivity contribution in [3.63, 3.8) is 0 Å². The Morgan fingerprint density at radius 3 is 2.29 bits per heavy atom. The van der Waals surface area contributed by atoms with E-state index in [9.17, 15) is 0 Å². The van der Waals surface area contributed by atoms with E-state index in [4.69, 9.17) is 0 Å². The largest absolute Gasteiger partial charge is 0.291 e. The fraction of sp³-hybridized carbons (Fsp3) is 0.400. The number of rotatable bonds is 1. The van der Waals surface area contributed by atoms with Crippen LogP contribution in [0.2, 0.25) is 0 Å². The fourth-order valence-corrected chi connectivity index (χ4v) is 0.179. The van der Waals surface area contributed by atoms with Gasteiger partial charge in [0.05, 0.1) is 5.71 Å². The van der Waals surface area contributed by atoms with Gasteiger partial charge in [0.25, 0.3) is 0 Å². The maximum atomic E-state index is 3.68. The highest BCUT2D eigenvalue weighted by Gasteiger charge is 1.75. The van der Waals surface area contributed by atoms with E-state index >= 15 is 0 Å². The van der Waals surface area contributed by atoms with E-state index in [1.165, 1.54) is 0 Å². The highest BCUT2D eigenvalue weighted by Crippen LogP contribution is 1.64. The lowest BCUT2D eigenvalue weighted by Crippen LogP contribution is -1.90. The maximum absolute atomic E-state index is 3.68. The van der Waals surface area contributed by atoms with Crippen molar-refractivity contribution in [3.8, 4) is 0 Å². The zero-order valence-electron chi connectivity index (χ0n) is 4.60. The monoisotopic (exact) mass is 96.1 g/mol. The predicted octanol–water partition coefficient (Wildman–Crippen LogP) is 0.469. The minimum atomic E-state index is 0.586. The van der Waals surface area contributed by atoms with Crippen LogP contribution in [0.25, 0.3) is 0 Å². The molecule has 0 rings (SSSR count). The Morgan fingerprint density at radius 1 is 1.57 bits per heavy atom. The normalized spacial score (nSPS) is 13.3. The highest BCUT2D eigenvalue weighted by atomic mass is 14.7. The average molecular weight is 96.1 g/mol. The molecule has 2 heteroatoms. The summed E-state index contributed by atoms with van der Waals surface area (Å²) in [5, 5.41) is 0. The Labute approximate surface area is 44.0 Å². The van der Waals surface area contributed by atoms with Gasteiger partial charge < -0.3 is 0 Å². The second-order valence-corrected chi connectivity index (χ2v) is 1.01. The van der Waals surface area contributed by atoms with Crippen molar-refractivity contribution in [3.05, 3.63) is 6.92 Å². The van der Waals surface area contributed by atoms with Gasteiger partial charge in [-0.25, -0.2) is 0 Å². The van der Waals surface area contributed by atoms with Gasteiger partial charge in [-0.2, -0.15) is 0 Å². The molecule has 2 radical (unpaired) electrons. The topological polar surface area (TPSA) is 24.7 Å². The third kappa shape index (κ3) is 3.16. The zero-order chi connectivity index (χ0) is 5.70. The molecule has 0 saturated heterocycles. The number of nitrogens with zero attached hydrogens (tertiary/aromatic N) is 2. The SMILES string of the molecule is [CH2]C(/[C]=N/C)=NC. The van der Waals surface area contributed by atoms with Crippen molar-refractivity contribution in [1.82, 2.24) is 0 Å². The summed E-state index contributed by atoms with van der Waals surface area (Å²) in [7, 11) is 3.29. The molecule has 0 unspecified atom stereocenters. The molecule has 2 nitrogen and oxygen atoms in total. The molecule has 0 saturated carbocycles. The Hall–Kier alpha value is -0.660. The van der Waals surface area contributed by atoms with Gasteiger partial charge in [0.1, 0.15) is 6.21 Å². The molecule has 38 valence electrons. The van der Waals surface area contributed by atoms with Gasteiger partial charge in [-0.1, -0.05) is 0 Å². The zero-order valence-corrected chi connectivity index (χ0v) is 4.60. The summed E-state index contributed by atoms with van der Waals surface area (Å²) in [4.78, 5) is 7.24. The van der Waals surface area contributed by atoms with Crippen molar-refractivity contribution >= 4 is 11.9 Å². The van der Waals surface area contributed by atoms with Crippen molar-refractivity contribution in [1.29, 1.82) is 0 Å². The number of hydrogen-bond donors (Lipinski definition) is 0. The van der Waals surface area contributed by atoms with E-state index in [1.807, 2.05) is 0 Å². The molecule has 0 atom stereocenters. The minimum absolute atomic E-state index is 0.586. The smallest absolute Gasteiger partial charge is 0.105 e. The van der Waals surface area contributed by atoms with Crippen molar-refractivity contribution in [2.75, 3.05) is 14.1 Å². The first-order chi connectivity index (χ1) is 3.31. The van der Waals surface area contributed by atoms with E-state index in [0.717, 1.165) is 0 Å². The van der Waals surface area contributed by atoms with E-state index in [1.54, 1.807) is 14.1 Å². The molecule has 0 aromatic carbocycles. The minimum Gasteiger partial charge on any atom is -0.291 e. The molecular formula is C5H8N2. The molecule has 0 aliphatic carbocycles. The van der Waals surface area contributed by atoms with E-state index in [-0.39, 0.29) is 0 Å². The molecule has 0 spiro atoms. The van der Waals surface area contributed by atoms with Gasteiger partial charge in [-0.05, 0) is 6.92 Å². The molecule has 0 bridgehead atoms. The first kappa shape index (κ1) is 6.34. The van der Waals surface area contributed by atoms with Gasteiger partial charge in [0, 0.05) is 14.1 Å². The van der Waals surface area contributed by atoms with Crippen molar-refractivity contribution in [2.24, 2.45) is 9.98 Å². The van der Waals surface area contributed by atoms with Crippen molar-refractivity contribution < 1.29 is 0 Å². The Morgan fingerprint density at radius 2 is 2.14 bits per heavy atom. The second kappa shape index (κ2) is 3.53. The third-order valence-corrected chi connectivity index (χ3v) is 0.511. The molecule has 0 heterocycles. The molecule has 0 aliphatic rings. The van der Waals surface area contributed by atoms with Crippen LogP contribution in [0.5, 0.6) is 0 Å². The summed E-state index contributed by atoms with van der Waals surface area (Å²) < 4.78 is 0. The Kier molecular flexibility index (Phi) is 3.19. The lowest BCUT2D eigenvalue weighted by molar-refractivity contribution is 1.44. The van der Waals surface area contributed by atoms with Crippen LogP contribution in [0, 0.1) is 6.92 Å². The fourth-order valence-electron chi connectivity index (χ4n) is 0.179. The summed E-state index contributed by atoms with van der Waals surface area (Å²) >= 11 is 0. The van der Waals surface area contributed by atoms with Crippen LogP contribution in [0.1, 0.15) is 0 Å². The summed E-state index contributed by atoms with van der Waals surface area (Å²) in [6, 6.07) is 0. The first-order valence-corrected chi connectivity index (χ1v) is 1.95. The quantitative estimate of drug-likeness (QED) is 0.424. The molecule has 0 N–H and O–H groups in total. The Balaban J connectivity index is 3.58. The van der Waals surface area contributed by atoms with Gasteiger partial charge in [-0.15, -0.1) is 0 Å². The van der Waals surface area contributed by atoms with Gasteiger partial charge >= 0.3 is 0 Å². The van der Waals surface area contributed by atoms with E-state index < -0.39 is 0 Å². The molecule has 0 aliphatic heterocycles. The second-order valence-electron chi connectivity index (χ2n) is 1.01. The average Bonchev–Trinajstić information content (AvgIpc) is 1.68. The molecule has 7 heavy (non-hydrogen) atoms. The molecule has 0 aromatic rings. The molecule has 0 amide bonds. The van der Waals surface area contributed by atoms with E-state index in [0.29, 0.717) is 5.71 Å². The highest BCUT2D eigenvalue weighted by molar-refractivity contribution is 6.32. The third-order valence-electron chi connectivity index (χ3n) is 0.511. The maximum Gasteiger partial charge on any atom is 0.105 e. The lowest BCUT2D eigenvalue weighted by Gasteiger charge is -1.78. The molecular weight excluding hydrogens is 88.1 g/mol. The lowest BCUT2D eigenvalue weighted by atomic mass is 10.5. The predicted molar refractivity (Wildman–Crippen MR) is 32.1 cm³/mol. The van der Waals surface area contributed by atoms with Crippen LogP contribution < -0.4 is 0 Å². The standard InChI is InChI=1S/C5H8N2/c1-5(7-3)4-6-2/h1H2,2-3H3. The summed E-state index contributed by atoms with van der Waals surface area (Å²) in [5.41, 5.74) is 0.586. The van der Waals surface area contributed by atoms with Crippen LogP contribution in [0.4, 0.5) is 0 Å². The van der Waals surface area contributed by atoms with Crippen molar-refractivity contribution in [2.45, 2.75) is 0 Å². The van der Waals surface area contributed by atoms with E-state index in [2.05, 4.69) is 23.1 Å². The van der Waals surface area contributed by atoms with Crippen LogP contribution in [0.15, 0.2) is 9.98 Å². The number of hydrogen-bond acceptors (Lipinski definition) is 2.